The minimum Gasteiger partial charge on any atom is -0.427 e. The number of anilines is 1. The average Bonchev–Trinajstić information content (AvgIpc) is 2.46. The number of aromatic nitrogens is 3. The summed E-state index contributed by atoms with van der Waals surface area (Å²) in [4.78, 5) is 12.8. The molecule has 6 nitrogen and oxygen atoms in total. The summed E-state index contributed by atoms with van der Waals surface area (Å²) in [6, 6.07) is 1.71. The topological polar surface area (TPSA) is 72.0 Å². The Hall–Kier alpha value is -1.44. The molecule has 1 radical (unpaired) electrons. The van der Waals surface area contributed by atoms with E-state index < -0.39 is 0 Å². The van der Waals surface area contributed by atoms with E-state index in [1.54, 1.807) is 33.2 Å². The Morgan fingerprint density at radius 1 is 1.25 bits per heavy atom. The largest absolute Gasteiger partial charge is 0.427 e. The van der Waals surface area contributed by atoms with Crippen LogP contribution in [0, 0.1) is 0 Å². The fraction of sp³-hybridized carbons (Fsp3) is 0.417. The summed E-state index contributed by atoms with van der Waals surface area (Å²) in [6.07, 6.45) is 5.31. The number of nitrogens with one attached hydrogen (secondary N) is 2. The van der Waals surface area contributed by atoms with Gasteiger partial charge in [0.15, 0.2) is 5.82 Å². The minimum atomic E-state index is 0.414. The van der Waals surface area contributed by atoms with Crippen LogP contribution in [0.5, 0.6) is 0 Å². The number of hydrogen-bond donors (Lipinski definition) is 2. The number of hydrogen-bond acceptors (Lipinski definition) is 6. The Balaban J connectivity index is 1.86. The number of unbranched alkanes of at least 4 members (excludes halogenated alkanes) is 1. The van der Waals surface area contributed by atoms with Crippen LogP contribution in [-0.4, -0.2) is 42.8 Å². The molecule has 0 fully saturated rings. The van der Waals surface area contributed by atoms with Gasteiger partial charge in [-0.3, -0.25) is 4.98 Å². The summed E-state index contributed by atoms with van der Waals surface area (Å²) in [5, 5.41) is 6.70. The first-order chi connectivity index (χ1) is 9.81. The summed E-state index contributed by atoms with van der Waals surface area (Å²) in [7, 11) is 3.20. The highest BCUT2D eigenvalue weighted by Crippen LogP contribution is 2.20. The highest BCUT2D eigenvalue weighted by Gasteiger charge is 2.06. The third-order valence-corrected chi connectivity index (χ3v) is 2.86. The Labute approximate surface area is 123 Å². The highest BCUT2D eigenvalue weighted by molar-refractivity contribution is 6.30. The second-order valence-corrected chi connectivity index (χ2v) is 4.55. The summed E-state index contributed by atoms with van der Waals surface area (Å²) in [5.41, 5.74) is 1.48. The molecular formula is C12H16BClN5O. The van der Waals surface area contributed by atoms with Crippen LogP contribution in [0.4, 0.5) is 5.82 Å². The van der Waals surface area contributed by atoms with E-state index in [1.165, 1.54) is 0 Å². The van der Waals surface area contributed by atoms with Gasteiger partial charge in [0, 0.05) is 32.1 Å². The number of rotatable bonds is 8. The van der Waals surface area contributed by atoms with Crippen LogP contribution in [0.2, 0.25) is 5.15 Å². The summed E-state index contributed by atoms with van der Waals surface area (Å²) < 4.78 is 4.79. The molecule has 2 heterocycles. The molecule has 0 bridgehead atoms. The molecule has 2 rings (SSSR count). The van der Waals surface area contributed by atoms with E-state index in [9.17, 15) is 0 Å². The molecule has 0 aliphatic rings. The zero-order valence-corrected chi connectivity index (χ0v) is 12.0. The van der Waals surface area contributed by atoms with Crippen molar-refractivity contribution in [1.29, 1.82) is 0 Å². The van der Waals surface area contributed by atoms with Crippen LogP contribution in [0.1, 0.15) is 12.8 Å². The van der Waals surface area contributed by atoms with Crippen LogP contribution in [0.25, 0.3) is 11.0 Å². The molecule has 0 aromatic carbocycles. The number of halogens is 1. The molecule has 0 aliphatic heterocycles. The standard InChI is InChI=1S/C12H16BClN5O/c1-20-13-18-5-3-2-4-17-12-11-9(8-10(14)19-12)15-6-7-16-11/h6-8,18H,2-5H2,1H3,(H,17,19). The van der Waals surface area contributed by atoms with Gasteiger partial charge in [-0.15, -0.1) is 0 Å². The van der Waals surface area contributed by atoms with Crippen LogP contribution in [0.3, 0.4) is 0 Å². The van der Waals surface area contributed by atoms with Crippen molar-refractivity contribution in [3.8, 4) is 0 Å². The van der Waals surface area contributed by atoms with Crippen molar-refractivity contribution in [2.24, 2.45) is 0 Å². The molecule has 0 atom stereocenters. The van der Waals surface area contributed by atoms with E-state index in [0.717, 1.165) is 37.0 Å². The maximum atomic E-state index is 5.97. The molecule has 0 aliphatic carbocycles. The third kappa shape index (κ3) is 4.30. The lowest BCUT2D eigenvalue weighted by Gasteiger charge is -2.08. The summed E-state index contributed by atoms with van der Waals surface area (Å²) in [6.45, 7) is 1.67. The molecule has 2 aromatic heterocycles. The molecule has 8 heteroatoms. The van der Waals surface area contributed by atoms with Crippen LogP contribution in [-0.2, 0) is 4.65 Å². The smallest absolute Gasteiger partial charge is 0.395 e. The SMILES string of the molecule is CO[B]NCCCCNc1nc(Cl)cc2nccnc12. The fourth-order valence-corrected chi connectivity index (χ4v) is 1.95. The van der Waals surface area contributed by atoms with Crippen LogP contribution >= 0.6 is 11.6 Å². The molecule has 0 amide bonds. The molecule has 105 valence electrons. The molecule has 0 saturated heterocycles. The Kier molecular flexibility index (Phi) is 5.98. The van der Waals surface area contributed by atoms with Crippen molar-refractivity contribution < 1.29 is 4.65 Å². The molecule has 20 heavy (non-hydrogen) atoms. The first-order valence-electron chi connectivity index (χ1n) is 6.40. The van der Waals surface area contributed by atoms with E-state index in [2.05, 4.69) is 25.5 Å². The van der Waals surface area contributed by atoms with E-state index >= 15 is 0 Å². The van der Waals surface area contributed by atoms with Crippen molar-refractivity contribution in [3.63, 3.8) is 0 Å². The van der Waals surface area contributed by atoms with E-state index in [4.69, 9.17) is 16.3 Å². The molecule has 0 unspecified atom stereocenters. The normalized spacial score (nSPS) is 10.7. The van der Waals surface area contributed by atoms with E-state index in [-0.39, 0.29) is 0 Å². The van der Waals surface area contributed by atoms with Gasteiger partial charge in [0.25, 0.3) is 0 Å². The van der Waals surface area contributed by atoms with E-state index in [1.807, 2.05) is 0 Å². The van der Waals surface area contributed by atoms with Crippen LogP contribution < -0.4 is 10.5 Å². The second kappa shape index (κ2) is 7.99. The fourth-order valence-electron chi connectivity index (χ4n) is 1.77. The molecular weight excluding hydrogens is 276 g/mol. The van der Waals surface area contributed by atoms with Crippen molar-refractivity contribution in [2.45, 2.75) is 12.8 Å². The first-order valence-corrected chi connectivity index (χ1v) is 6.78. The zero-order chi connectivity index (χ0) is 14.2. The van der Waals surface area contributed by atoms with Gasteiger partial charge >= 0.3 is 7.62 Å². The van der Waals surface area contributed by atoms with Crippen molar-refractivity contribution in [2.75, 3.05) is 25.5 Å². The van der Waals surface area contributed by atoms with Gasteiger partial charge in [-0.1, -0.05) is 11.6 Å². The lowest BCUT2D eigenvalue weighted by atomic mass is 10.2. The summed E-state index contributed by atoms with van der Waals surface area (Å²) in [5.74, 6) is 0.678. The van der Waals surface area contributed by atoms with Crippen molar-refractivity contribution >= 4 is 36.1 Å². The Bertz CT molecular complexity index is 556. The van der Waals surface area contributed by atoms with Crippen molar-refractivity contribution in [3.05, 3.63) is 23.6 Å². The minimum absolute atomic E-state index is 0.414. The highest BCUT2D eigenvalue weighted by atomic mass is 35.5. The maximum Gasteiger partial charge on any atom is 0.395 e. The monoisotopic (exact) mass is 292 g/mol. The van der Waals surface area contributed by atoms with Gasteiger partial charge < -0.3 is 15.2 Å². The average molecular weight is 293 g/mol. The molecule has 2 N–H and O–H groups in total. The van der Waals surface area contributed by atoms with Gasteiger partial charge in [-0.05, 0) is 19.4 Å². The summed E-state index contributed by atoms with van der Waals surface area (Å²) >= 11 is 5.97. The number of nitrogens with zero attached hydrogens (tertiary/aromatic N) is 3. The predicted molar refractivity (Wildman–Crippen MR) is 80.8 cm³/mol. The maximum absolute atomic E-state index is 5.97. The lowest BCUT2D eigenvalue weighted by molar-refractivity contribution is 0.430. The Morgan fingerprint density at radius 3 is 2.90 bits per heavy atom. The van der Waals surface area contributed by atoms with Gasteiger partial charge in [0.1, 0.15) is 10.7 Å². The lowest BCUT2D eigenvalue weighted by Crippen LogP contribution is -2.22. The van der Waals surface area contributed by atoms with Crippen LogP contribution in [0.15, 0.2) is 18.5 Å². The molecule has 0 saturated carbocycles. The van der Waals surface area contributed by atoms with Gasteiger partial charge in [-0.25, -0.2) is 9.97 Å². The third-order valence-electron chi connectivity index (χ3n) is 2.67. The predicted octanol–water partition coefficient (Wildman–Crippen LogP) is 1.64. The number of pyridine rings is 1. The first kappa shape index (κ1) is 15.0. The molecule has 2 aromatic rings. The second-order valence-electron chi connectivity index (χ2n) is 4.16. The Morgan fingerprint density at radius 2 is 2.05 bits per heavy atom. The quantitative estimate of drug-likeness (QED) is 0.438. The van der Waals surface area contributed by atoms with E-state index in [0.29, 0.717) is 11.0 Å². The van der Waals surface area contributed by atoms with Gasteiger partial charge in [0.2, 0.25) is 0 Å². The zero-order valence-electron chi connectivity index (χ0n) is 11.3. The molecule has 0 spiro atoms. The van der Waals surface area contributed by atoms with Gasteiger partial charge in [0.05, 0.1) is 5.52 Å². The van der Waals surface area contributed by atoms with Gasteiger partial charge in [-0.2, -0.15) is 0 Å². The van der Waals surface area contributed by atoms with Crippen molar-refractivity contribution in [1.82, 2.24) is 20.2 Å². The number of fused-ring (bicyclic) bond motifs is 1.